The molecule has 0 aliphatic carbocycles. The molecule has 0 radical (unpaired) electrons. The number of rotatable bonds is 0. The first-order valence-electron chi connectivity index (χ1n) is 1.08. The van der Waals surface area contributed by atoms with Gasteiger partial charge >= 0.3 is 31.1 Å². The van der Waals surface area contributed by atoms with E-state index in [9.17, 15) is 0 Å². The molecule has 7 heavy (non-hydrogen) atoms. The summed E-state index contributed by atoms with van der Waals surface area (Å²) in [6.07, 6.45) is 0. The van der Waals surface area contributed by atoms with E-state index >= 15 is 0 Å². The van der Waals surface area contributed by atoms with Gasteiger partial charge in [-0.2, -0.15) is 7.05 Å². The summed E-state index contributed by atoms with van der Waals surface area (Å²) in [7, 11) is 1.25. The van der Waals surface area contributed by atoms with Gasteiger partial charge in [0.05, 0.1) is 0 Å². The second kappa shape index (κ2) is 15.8. The van der Waals surface area contributed by atoms with Crippen LogP contribution in [0.3, 0.4) is 0 Å². The Morgan fingerprint density at radius 2 is 1.43 bits per heavy atom. The van der Waals surface area contributed by atoms with Crippen LogP contribution in [0.4, 0.5) is 0 Å². The van der Waals surface area contributed by atoms with E-state index < -0.39 is 5.39 Å². The van der Waals surface area contributed by atoms with E-state index in [2.05, 4.69) is 0 Å². The summed E-state index contributed by atoms with van der Waals surface area (Å²) < 4.78 is 0. The summed E-state index contributed by atoms with van der Waals surface area (Å²) in [5, 5.41) is 21.0. The molecule has 0 aromatic heterocycles. The van der Waals surface area contributed by atoms with E-state index in [1.807, 2.05) is 0 Å². The summed E-state index contributed by atoms with van der Waals surface area (Å²) in [6.45, 7) is 0. The molecule has 0 heterocycles. The molecular weight excluding hydrogens is 326 g/mol. The fourth-order valence-electron chi connectivity index (χ4n) is 0. The van der Waals surface area contributed by atoms with E-state index in [-0.39, 0.29) is 31.1 Å². The summed E-state index contributed by atoms with van der Waals surface area (Å²) in [6, 6.07) is 0. The quantitative estimate of drug-likeness (QED) is 0.622. The average Bonchev–Trinajstić information content (AvgIpc) is 1.41. The first-order valence-corrected chi connectivity index (χ1v) is 1.08. The summed E-state index contributed by atoms with van der Waals surface area (Å²) >= 11 is 0. The Balaban J connectivity index is -0.0000000480. The summed E-state index contributed by atoms with van der Waals surface area (Å²) in [5.41, 5.74) is 5.75. The molecule has 5 nitrogen and oxygen atoms in total. The molecule has 0 unspecified atom stereocenters. The summed E-state index contributed by atoms with van der Waals surface area (Å²) in [5.74, 6) is 0. The van der Waals surface area contributed by atoms with Crippen molar-refractivity contribution in [3.63, 3.8) is 0 Å². The van der Waals surface area contributed by atoms with E-state index in [1.165, 1.54) is 7.05 Å². The number of nitrogens with one attached hydrogen (secondary N) is 1. The van der Waals surface area contributed by atoms with Crippen LogP contribution >= 0.6 is 0 Å². The SMILES string of the molecule is C[NH-].[O-]N(O)O.[U+2]. The van der Waals surface area contributed by atoms with E-state index in [4.69, 9.17) is 21.4 Å². The van der Waals surface area contributed by atoms with Crippen molar-refractivity contribution in [3.05, 3.63) is 10.9 Å². The maximum absolute atomic E-state index is 8.47. The largest absolute Gasteiger partial charge is 2.00 e. The molecule has 3 N–H and O–H groups in total. The van der Waals surface area contributed by atoms with E-state index in [1.54, 1.807) is 0 Å². The second-order valence-electron chi connectivity index (χ2n) is 0.253. The molecule has 0 amide bonds. The first-order chi connectivity index (χ1) is 2.73. The zero-order valence-electron chi connectivity index (χ0n) is 3.75. The van der Waals surface area contributed by atoms with E-state index in [0.717, 1.165) is 0 Å². The summed E-state index contributed by atoms with van der Waals surface area (Å²) in [4.78, 5) is 0. The fourth-order valence-corrected chi connectivity index (χ4v) is 0. The molecule has 0 saturated heterocycles. The van der Waals surface area contributed by atoms with Gasteiger partial charge in [0, 0.05) is 0 Å². The smallest absolute Gasteiger partial charge is 0.738 e. The molecule has 0 fully saturated rings. The van der Waals surface area contributed by atoms with Crippen LogP contribution in [0.25, 0.3) is 5.73 Å². The van der Waals surface area contributed by atoms with Gasteiger partial charge in [-0.3, -0.25) is 0 Å². The molecular formula is CH6N2O3U. The van der Waals surface area contributed by atoms with Gasteiger partial charge in [-0.1, -0.05) is 0 Å². The Kier molecular flexibility index (Phi) is 35.4. The molecule has 42 valence electrons. The van der Waals surface area contributed by atoms with E-state index in [0.29, 0.717) is 0 Å². The van der Waals surface area contributed by atoms with Gasteiger partial charge in [-0.25, -0.2) is 0 Å². The molecule has 0 aromatic rings. The molecule has 6 heteroatoms. The number of hydrogen-bond acceptors (Lipinski definition) is 4. The van der Waals surface area contributed by atoms with Crippen molar-refractivity contribution in [1.29, 1.82) is 0 Å². The van der Waals surface area contributed by atoms with Crippen molar-refractivity contribution >= 4 is 0 Å². The van der Waals surface area contributed by atoms with Crippen LogP contribution < -0.4 is 0 Å². The van der Waals surface area contributed by atoms with Crippen LogP contribution in [0.5, 0.6) is 0 Å². The molecule has 0 aliphatic heterocycles. The zero-order valence-corrected chi connectivity index (χ0v) is 7.91. The molecule has 0 spiro atoms. The van der Waals surface area contributed by atoms with Crippen molar-refractivity contribution in [2.45, 2.75) is 0 Å². The third kappa shape index (κ3) is 222. The molecule has 0 atom stereocenters. The van der Waals surface area contributed by atoms with Gasteiger partial charge in [0.25, 0.3) is 0 Å². The van der Waals surface area contributed by atoms with Crippen LogP contribution in [0, 0.1) is 36.3 Å². The minimum Gasteiger partial charge on any atom is -0.738 e. The van der Waals surface area contributed by atoms with Gasteiger partial charge in [0.2, 0.25) is 0 Å². The molecule has 0 aromatic carbocycles. The van der Waals surface area contributed by atoms with Crippen molar-refractivity contribution in [1.82, 2.24) is 5.39 Å². The monoisotopic (exact) mass is 332 g/mol. The van der Waals surface area contributed by atoms with Crippen LogP contribution in [0.15, 0.2) is 0 Å². The van der Waals surface area contributed by atoms with Gasteiger partial charge in [0.15, 0.2) is 0 Å². The predicted octanol–water partition coefficient (Wildman–Crippen LogP) is 0.233. The predicted molar refractivity (Wildman–Crippen MR) is 19.0 cm³/mol. The minimum absolute atomic E-state index is 0. The van der Waals surface area contributed by atoms with Crippen LogP contribution in [0.1, 0.15) is 0 Å². The normalized spacial score (nSPS) is 6.00. The Bertz CT molecular complexity index is 17.7. The van der Waals surface area contributed by atoms with Gasteiger partial charge < -0.3 is 21.4 Å². The third-order valence-electron chi connectivity index (χ3n) is 0. The van der Waals surface area contributed by atoms with Crippen molar-refractivity contribution in [2.24, 2.45) is 0 Å². The van der Waals surface area contributed by atoms with Gasteiger partial charge in [-0.05, 0) is 0 Å². The maximum Gasteiger partial charge on any atom is 2.00 e. The second-order valence-corrected chi connectivity index (χ2v) is 0.253. The Morgan fingerprint density at radius 1 is 1.43 bits per heavy atom. The number of nitrogens with zero attached hydrogens (tertiary/aromatic N) is 1. The Hall–Kier alpha value is 0.852. The fraction of sp³-hybridized carbons (Fsp3) is 1.00. The molecule has 0 saturated carbocycles. The zero-order chi connectivity index (χ0) is 5.58. The number of hydrogen-bond donors (Lipinski definition) is 2. The molecule has 0 rings (SSSR count). The molecule has 0 aliphatic rings. The third-order valence-corrected chi connectivity index (χ3v) is 0. The van der Waals surface area contributed by atoms with Crippen LogP contribution in [0.2, 0.25) is 0 Å². The van der Waals surface area contributed by atoms with Crippen molar-refractivity contribution in [2.75, 3.05) is 7.05 Å². The van der Waals surface area contributed by atoms with Gasteiger partial charge in [-0.15, -0.1) is 5.39 Å². The Morgan fingerprint density at radius 3 is 1.43 bits per heavy atom. The standard InChI is InChI=1S/CH4N.H2NO3.U/c1-2;2-1(3)4;/h2H,1H3;2-3H;/q2*-1;+2. The van der Waals surface area contributed by atoms with Gasteiger partial charge in [0.1, 0.15) is 0 Å². The first kappa shape index (κ1) is 15.7. The maximum atomic E-state index is 8.47. The van der Waals surface area contributed by atoms with Crippen LogP contribution in [-0.2, 0) is 0 Å². The van der Waals surface area contributed by atoms with Crippen molar-refractivity contribution in [3.8, 4) is 0 Å². The molecule has 0 bridgehead atoms. The van der Waals surface area contributed by atoms with Crippen LogP contribution in [-0.4, -0.2) is 22.9 Å². The Labute approximate surface area is 65.0 Å². The van der Waals surface area contributed by atoms with Crippen molar-refractivity contribution < 1.29 is 41.5 Å². The average molecular weight is 332 g/mol. The minimum atomic E-state index is -1.25. The topological polar surface area (TPSA) is 90.6 Å².